The Balaban J connectivity index is 2.02. The Labute approximate surface area is 113 Å². The Morgan fingerprint density at radius 2 is 1.72 bits per heavy atom. The van der Waals surface area contributed by atoms with Crippen LogP contribution >= 0.6 is 15.9 Å². The molecule has 0 atom stereocenters. The van der Waals surface area contributed by atoms with E-state index >= 15 is 0 Å². The van der Waals surface area contributed by atoms with Gasteiger partial charge in [0.2, 0.25) is 5.88 Å². The highest BCUT2D eigenvalue weighted by Gasteiger charge is 2.03. The molecule has 4 heteroatoms. The first-order valence-corrected chi connectivity index (χ1v) is 6.25. The fraction of sp³-hybridized carbons (Fsp3) is 0. The van der Waals surface area contributed by atoms with Crippen LogP contribution in [0.15, 0.2) is 59.5 Å². The number of nitrogens with zero attached hydrogens (tertiary/aromatic N) is 2. The van der Waals surface area contributed by atoms with Crippen molar-refractivity contribution in [1.29, 1.82) is 0 Å². The summed E-state index contributed by atoms with van der Waals surface area (Å²) in [7, 11) is 0. The SMILES string of the molecule is Brc1cnc(Oc2cccc3ccccc23)cn1. The number of ether oxygens (including phenoxy) is 1. The van der Waals surface area contributed by atoms with Gasteiger partial charge in [0.15, 0.2) is 0 Å². The maximum absolute atomic E-state index is 5.75. The van der Waals surface area contributed by atoms with Gasteiger partial charge >= 0.3 is 0 Å². The van der Waals surface area contributed by atoms with Crippen molar-refractivity contribution >= 4 is 26.7 Å². The largest absolute Gasteiger partial charge is 0.437 e. The summed E-state index contributed by atoms with van der Waals surface area (Å²) in [5.74, 6) is 1.26. The molecular weight excluding hydrogens is 292 g/mol. The molecule has 18 heavy (non-hydrogen) atoms. The molecule has 1 heterocycles. The number of aromatic nitrogens is 2. The summed E-state index contributed by atoms with van der Waals surface area (Å²) in [5.41, 5.74) is 0. The van der Waals surface area contributed by atoms with Crippen molar-refractivity contribution in [3.05, 3.63) is 59.5 Å². The highest BCUT2D eigenvalue weighted by molar-refractivity contribution is 9.10. The molecule has 3 rings (SSSR count). The molecule has 2 aromatic carbocycles. The molecule has 3 nitrogen and oxygen atoms in total. The molecule has 0 aliphatic rings. The van der Waals surface area contributed by atoms with Crippen LogP contribution in [0.25, 0.3) is 10.8 Å². The van der Waals surface area contributed by atoms with Gasteiger partial charge in [0, 0.05) is 5.39 Å². The number of rotatable bonds is 2. The maximum atomic E-state index is 5.75. The first-order chi connectivity index (χ1) is 8.83. The van der Waals surface area contributed by atoms with Crippen molar-refractivity contribution in [3.8, 4) is 11.6 Å². The van der Waals surface area contributed by atoms with E-state index in [0.29, 0.717) is 10.5 Å². The number of fused-ring (bicyclic) bond motifs is 1. The third kappa shape index (κ3) is 2.19. The van der Waals surface area contributed by atoms with E-state index in [9.17, 15) is 0 Å². The van der Waals surface area contributed by atoms with Crippen molar-refractivity contribution in [2.45, 2.75) is 0 Å². The van der Waals surface area contributed by atoms with Crippen molar-refractivity contribution < 1.29 is 4.74 Å². The van der Waals surface area contributed by atoms with Gasteiger partial charge < -0.3 is 4.74 Å². The van der Waals surface area contributed by atoms with Gasteiger partial charge in [0.05, 0.1) is 12.4 Å². The highest BCUT2D eigenvalue weighted by atomic mass is 79.9. The normalized spacial score (nSPS) is 10.5. The molecule has 0 saturated carbocycles. The summed E-state index contributed by atoms with van der Waals surface area (Å²) < 4.78 is 6.44. The molecular formula is C14H9BrN2O. The van der Waals surface area contributed by atoms with Crippen LogP contribution in [-0.4, -0.2) is 9.97 Å². The van der Waals surface area contributed by atoms with E-state index in [1.165, 1.54) is 0 Å². The molecule has 3 aromatic rings. The Bertz CT molecular complexity index is 677. The van der Waals surface area contributed by atoms with Crippen LogP contribution in [-0.2, 0) is 0 Å². The summed E-state index contributed by atoms with van der Waals surface area (Å²) in [6, 6.07) is 14.0. The van der Waals surface area contributed by atoms with Gasteiger partial charge in [-0.2, -0.15) is 0 Å². The van der Waals surface area contributed by atoms with Crippen LogP contribution in [0.1, 0.15) is 0 Å². The maximum Gasteiger partial charge on any atom is 0.237 e. The van der Waals surface area contributed by atoms with Gasteiger partial charge in [-0.3, -0.25) is 0 Å². The summed E-state index contributed by atoms with van der Waals surface area (Å²) in [4.78, 5) is 8.23. The Morgan fingerprint density at radius 1 is 0.889 bits per heavy atom. The van der Waals surface area contributed by atoms with Gasteiger partial charge in [0.25, 0.3) is 0 Å². The molecule has 0 unspecified atom stereocenters. The molecule has 0 bridgehead atoms. The van der Waals surface area contributed by atoms with E-state index < -0.39 is 0 Å². The van der Waals surface area contributed by atoms with E-state index in [4.69, 9.17) is 4.74 Å². The lowest BCUT2D eigenvalue weighted by Gasteiger charge is -2.07. The quantitative estimate of drug-likeness (QED) is 0.712. The molecule has 1 aromatic heterocycles. The molecule has 0 fully saturated rings. The average molecular weight is 301 g/mol. The van der Waals surface area contributed by atoms with Crippen molar-refractivity contribution in [2.75, 3.05) is 0 Å². The second kappa shape index (κ2) is 4.74. The molecule has 0 N–H and O–H groups in total. The van der Waals surface area contributed by atoms with Gasteiger partial charge in [-0.15, -0.1) is 0 Å². The smallest absolute Gasteiger partial charge is 0.237 e. The van der Waals surface area contributed by atoms with E-state index in [2.05, 4.69) is 38.0 Å². The van der Waals surface area contributed by atoms with Crippen LogP contribution in [0.2, 0.25) is 0 Å². The standard InChI is InChI=1S/C14H9BrN2O/c15-13-8-17-14(9-16-13)18-12-7-3-5-10-4-1-2-6-11(10)12/h1-9H. The zero-order valence-electron chi connectivity index (χ0n) is 9.38. The number of hydrogen-bond acceptors (Lipinski definition) is 3. The Hall–Kier alpha value is -1.94. The summed E-state index contributed by atoms with van der Waals surface area (Å²) in [5, 5.41) is 2.20. The number of hydrogen-bond donors (Lipinski definition) is 0. The zero-order valence-corrected chi connectivity index (χ0v) is 11.0. The fourth-order valence-corrected chi connectivity index (χ4v) is 1.96. The lowest BCUT2D eigenvalue weighted by Crippen LogP contribution is -1.90. The summed E-state index contributed by atoms with van der Waals surface area (Å²) >= 11 is 3.24. The minimum absolute atomic E-state index is 0.481. The average Bonchev–Trinajstić information content (AvgIpc) is 2.42. The highest BCUT2D eigenvalue weighted by Crippen LogP contribution is 2.28. The predicted octanol–water partition coefficient (Wildman–Crippen LogP) is 4.18. The molecule has 0 saturated heterocycles. The van der Waals surface area contributed by atoms with Crippen molar-refractivity contribution in [2.24, 2.45) is 0 Å². The Kier molecular flexibility index (Phi) is 2.94. The first kappa shape index (κ1) is 11.2. The van der Waals surface area contributed by atoms with Crippen LogP contribution in [0.4, 0.5) is 0 Å². The second-order valence-electron chi connectivity index (χ2n) is 3.76. The second-order valence-corrected chi connectivity index (χ2v) is 4.57. The molecule has 0 aliphatic carbocycles. The summed E-state index contributed by atoms with van der Waals surface area (Å²) in [6.07, 6.45) is 3.20. The fourth-order valence-electron chi connectivity index (χ4n) is 1.75. The zero-order chi connectivity index (χ0) is 12.4. The van der Waals surface area contributed by atoms with Gasteiger partial charge in [-0.25, -0.2) is 9.97 Å². The Morgan fingerprint density at radius 3 is 2.56 bits per heavy atom. The van der Waals surface area contributed by atoms with Gasteiger partial charge in [-0.05, 0) is 27.4 Å². The van der Waals surface area contributed by atoms with Crippen molar-refractivity contribution in [1.82, 2.24) is 9.97 Å². The third-order valence-corrected chi connectivity index (χ3v) is 2.97. The van der Waals surface area contributed by atoms with Crippen LogP contribution in [0, 0.1) is 0 Å². The molecule has 0 amide bonds. The first-order valence-electron chi connectivity index (χ1n) is 5.46. The van der Waals surface area contributed by atoms with Crippen LogP contribution in [0.3, 0.4) is 0 Å². The molecule has 0 spiro atoms. The van der Waals surface area contributed by atoms with Crippen molar-refractivity contribution in [3.63, 3.8) is 0 Å². The van der Waals surface area contributed by atoms with Gasteiger partial charge in [0.1, 0.15) is 10.4 Å². The molecule has 0 radical (unpaired) electrons. The molecule has 0 aliphatic heterocycles. The van der Waals surface area contributed by atoms with Crippen LogP contribution in [0.5, 0.6) is 11.6 Å². The summed E-state index contributed by atoms with van der Waals surface area (Å²) in [6.45, 7) is 0. The molecule has 88 valence electrons. The minimum Gasteiger partial charge on any atom is -0.437 e. The van der Waals surface area contributed by atoms with Gasteiger partial charge in [-0.1, -0.05) is 36.4 Å². The number of benzene rings is 2. The topological polar surface area (TPSA) is 35.0 Å². The minimum atomic E-state index is 0.481. The lowest BCUT2D eigenvalue weighted by molar-refractivity contribution is 0.465. The van der Waals surface area contributed by atoms with E-state index in [1.807, 2.05) is 30.3 Å². The van der Waals surface area contributed by atoms with E-state index in [-0.39, 0.29) is 0 Å². The lowest BCUT2D eigenvalue weighted by atomic mass is 10.1. The van der Waals surface area contributed by atoms with E-state index in [0.717, 1.165) is 16.5 Å². The van der Waals surface area contributed by atoms with E-state index in [1.54, 1.807) is 12.4 Å². The monoisotopic (exact) mass is 300 g/mol. The van der Waals surface area contributed by atoms with Crippen LogP contribution < -0.4 is 4.74 Å². The number of halogens is 1. The predicted molar refractivity (Wildman–Crippen MR) is 73.8 cm³/mol. The third-order valence-electron chi connectivity index (χ3n) is 2.56.